The third-order valence-corrected chi connectivity index (χ3v) is 5.85. The summed E-state index contributed by atoms with van der Waals surface area (Å²) in [7, 11) is 5.83. The summed E-state index contributed by atoms with van der Waals surface area (Å²) in [4.78, 5) is 35.8. The molecule has 0 fully saturated rings. The second kappa shape index (κ2) is 22.3. The van der Waals surface area contributed by atoms with Crippen molar-refractivity contribution in [3.05, 3.63) is 84.4 Å². The minimum Gasteiger partial charge on any atom is -1.00 e. The van der Waals surface area contributed by atoms with Crippen LogP contribution in [0.3, 0.4) is 0 Å². The van der Waals surface area contributed by atoms with Crippen LogP contribution < -0.4 is 80.6 Å². The van der Waals surface area contributed by atoms with Crippen molar-refractivity contribution in [1.29, 1.82) is 0 Å². The van der Waals surface area contributed by atoms with Crippen LogP contribution in [0.2, 0.25) is 0 Å². The average Bonchev–Trinajstić information content (AvgIpc) is 2.98. The molecule has 3 aromatic rings. The number of aromatic nitrogens is 2. The molecule has 1 unspecified atom stereocenters. The zero-order chi connectivity index (χ0) is 32.6. The normalized spacial score (nSPS) is 10.4. The van der Waals surface area contributed by atoms with Crippen molar-refractivity contribution >= 4 is 23.5 Å². The fraction of sp³-hybridized carbons (Fsp3) is 0.355. The summed E-state index contributed by atoms with van der Waals surface area (Å²) in [5, 5.41) is 2.97. The van der Waals surface area contributed by atoms with E-state index in [4.69, 9.17) is 12.8 Å². The third kappa shape index (κ3) is 14.8. The first kappa shape index (κ1) is 42.8. The zero-order valence-corrected chi connectivity index (χ0v) is 30.4. The maximum atomic E-state index is 13.0. The van der Waals surface area contributed by atoms with Gasteiger partial charge in [0, 0.05) is 31.1 Å². The van der Waals surface area contributed by atoms with Crippen LogP contribution in [0.4, 0.5) is 14.7 Å². The van der Waals surface area contributed by atoms with E-state index in [0.717, 1.165) is 22.5 Å². The first-order valence-corrected chi connectivity index (χ1v) is 12.9. The molecule has 232 valence electrons. The molecule has 0 saturated carbocycles. The van der Waals surface area contributed by atoms with Gasteiger partial charge in [-0.25, -0.2) is 20.1 Å². The topological polar surface area (TPSA) is 136 Å². The maximum Gasteiger partial charge on any atom is 1.00 e. The smallest absolute Gasteiger partial charge is 1.00 e. The molecular weight excluding hydrogens is 601 g/mol. The number of ketones is 2. The molecule has 0 aliphatic heterocycles. The van der Waals surface area contributed by atoms with Gasteiger partial charge >= 0.3 is 51.4 Å². The number of nitrogens with one attached hydrogen (secondary N) is 1. The van der Waals surface area contributed by atoms with Crippen LogP contribution in [0.1, 0.15) is 63.5 Å². The van der Waals surface area contributed by atoms with Gasteiger partial charge in [-0.3, -0.25) is 14.6 Å². The van der Waals surface area contributed by atoms with Gasteiger partial charge < -0.3 is 36.6 Å². The Bertz CT molecular complexity index is 1310. The molecule has 0 saturated heterocycles. The molecule has 8 nitrogen and oxygen atoms in total. The Balaban J connectivity index is -0.000000614. The summed E-state index contributed by atoms with van der Waals surface area (Å²) < 4.78 is 31.2. The molecule has 0 amide bonds. The average molecular weight is 645 g/mol. The van der Waals surface area contributed by atoms with Crippen molar-refractivity contribution < 1.29 is 83.5 Å². The van der Waals surface area contributed by atoms with Crippen molar-refractivity contribution in [3.63, 3.8) is 0 Å². The molecule has 2 aromatic carbocycles. The van der Waals surface area contributed by atoms with Gasteiger partial charge in [0.15, 0.2) is 11.7 Å². The van der Waals surface area contributed by atoms with Crippen molar-refractivity contribution in [2.45, 2.75) is 47.5 Å². The van der Waals surface area contributed by atoms with E-state index >= 15 is 0 Å². The molecule has 1 atom stereocenters. The summed E-state index contributed by atoms with van der Waals surface area (Å²) in [6, 6.07) is 11.6. The van der Waals surface area contributed by atoms with E-state index in [0.29, 0.717) is 17.4 Å². The Morgan fingerprint density at radius 3 is 1.74 bits per heavy atom. The Kier molecular flexibility index (Phi) is 22.2. The fourth-order valence-electron chi connectivity index (χ4n) is 3.59. The predicted molar refractivity (Wildman–Crippen MR) is 164 cm³/mol. The number of nitrogens with zero attached hydrogens (tertiary/aromatic N) is 3. The number of anilines is 1. The molecule has 0 bridgehead atoms. The molecule has 0 aliphatic carbocycles. The number of rotatable bonds is 7. The number of aliphatic imine (C=N–C) groups is 1. The molecule has 0 aliphatic rings. The number of carbonyl (C=O) groups excluding carboxylic acids is 2. The SMILES string of the molecule is CC(C)C(=O)C(C)C(=O)c1ccc(F)cc1.CN=C(N)N.CNc1nc(-c2ccc(F)cc2)c(C)c(C(C)C)n1.[2H][CH2-].[Cl-].[K+]. The summed E-state index contributed by atoms with van der Waals surface area (Å²) in [6.45, 7) is 11.3. The third-order valence-electron chi connectivity index (χ3n) is 5.85. The van der Waals surface area contributed by atoms with Gasteiger partial charge in [0.2, 0.25) is 5.95 Å². The maximum absolute atomic E-state index is 13.0. The number of halogens is 3. The quantitative estimate of drug-likeness (QED) is 0.0821. The number of benzene rings is 2. The summed E-state index contributed by atoms with van der Waals surface area (Å²) in [6.07, 6.45) is 0. The summed E-state index contributed by atoms with van der Waals surface area (Å²) in [5.41, 5.74) is 13.8. The van der Waals surface area contributed by atoms with E-state index in [2.05, 4.69) is 41.5 Å². The van der Waals surface area contributed by atoms with Crippen LogP contribution >= 0.6 is 0 Å². The summed E-state index contributed by atoms with van der Waals surface area (Å²) in [5.74, 6) is -0.765. The number of guanidine groups is 1. The number of nitrogens with two attached hydrogens (primary N) is 2. The predicted octanol–water partition coefficient (Wildman–Crippen LogP) is -0.0263. The molecule has 43 heavy (non-hydrogen) atoms. The van der Waals surface area contributed by atoms with Crippen molar-refractivity contribution in [3.8, 4) is 11.3 Å². The van der Waals surface area contributed by atoms with Crippen LogP contribution in [-0.2, 0) is 4.79 Å². The standard InChI is InChI=1S/C15H18FN3.C13H15FO2.C2H7N3.CH3.ClH.K/c1-9(2)13-10(3)14(19-15(17-4)18-13)11-5-7-12(16)8-6-11;1-8(2)12(15)9(3)13(16)10-4-6-11(14)7-5-10;1-5-2(3)4;;;/h5-9H,1-4H3,(H,17,18,19);4-9H,1-3H3;1H3,(H4,3,4,5);1H3;1H;/q;;;-1;;+1/p-1/i;;;1D;;. The van der Waals surface area contributed by atoms with Crippen LogP contribution in [0.25, 0.3) is 11.3 Å². The van der Waals surface area contributed by atoms with Crippen molar-refractivity contribution in [2.75, 3.05) is 19.4 Å². The van der Waals surface area contributed by atoms with Crippen LogP contribution in [0.15, 0.2) is 53.5 Å². The monoisotopic (exact) mass is 644 g/mol. The second-order valence-corrected chi connectivity index (χ2v) is 9.62. The first-order chi connectivity index (χ1) is 19.7. The Hall–Kier alpha value is -2.28. The number of hydrogen-bond donors (Lipinski definition) is 3. The van der Waals surface area contributed by atoms with Gasteiger partial charge in [-0.1, -0.05) is 27.7 Å². The van der Waals surface area contributed by atoms with E-state index in [9.17, 15) is 18.4 Å². The van der Waals surface area contributed by atoms with Crippen molar-refractivity contribution in [1.82, 2.24) is 9.97 Å². The second-order valence-electron chi connectivity index (χ2n) is 9.62. The van der Waals surface area contributed by atoms with Gasteiger partial charge in [0.05, 0.1) is 17.3 Å². The van der Waals surface area contributed by atoms with Gasteiger partial charge in [-0.05, 0) is 73.9 Å². The Labute approximate surface area is 305 Å². The van der Waals surface area contributed by atoms with Gasteiger partial charge in [0.1, 0.15) is 17.4 Å². The largest absolute Gasteiger partial charge is 1.00 e. The van der Waals surface area contributed by atoms with E-state index in [1.807, 2.05) is 6.92 Å². The van der Waals surface area contributed by atoms with Crippen LogP contribution in [0, 0.1) is 37.8 Å². The van der Waals surface area contributed by atoms with Gasteiger partial charge in [-0.15, -0.1) is 0 Å². The molecule has 1 aromatic heterocycles. The molecular formula is C31H43ClF2KN6O2-. The molecule has 12 heteroatoms. The van der Waals surface area contributed by atoms with E-state index in [1.165, 1.54) is 43.4 Å². The van der Waals surface area contributed by atoms with E-state index in [-0.39, 0.29) is 98.9 Å². The van der Waals surface area contributed by atoms with Crippen LogP contribution in [-0.4, -0.2) is 41.6 Å². The Morgan fingerprint density at radius 2 is 1.37 bits per heavy atom. The molecule has 5 N–H and O–H groups in total. The minimum atomic E-state index is -0.662. The van der Waals surface area contributed by atoms with Gasteiger partial charge in [-0.2, -0.15) is 0 Å². The van der Waals surface area contributed by atoms with E-state index < -0.39 is 5.92 Å². The first-order valence-electron chi connectivity index (χ1n) is 13.6. The fourth-order valence-corrected chi connectivity index (χ4v) is 3.59. The van der Waals surface area contributed by atoms with Gasteiger partial charge in [0.25, 0.3) is 0 Å². The van der Waals surface area contributed by atoms with E-state index in [1.54, 1.807) is 40.0 Å². The number of hydrogen-bond acceptors (Lipinski definition) is 6. The molecule has 0 radical (unpaired) electrons. The number of Topliss-reactive ketones (excluding diaryl/α,β-unsaturated/α-hetero) is 2. The molecule has 0 spiro atoms. The molecule has 3 rings (SSSR count). The van der Waals surface area contributed by atoms with Crippen molar-refractivity contribution in [2.24, 2.45) is 28.3 Å². The Morgan fingerprint density at radius 1 is 0.930 bits per heavy atom. The van der Waals surface area contributed by atoms with Crippen LogP contribution in [0.5, 0.6) is 0 Å². The summed E-state index contributed by atoms with van der Waals surface area (Å²) >= 11 is 0. The zero-order valence-electron chi connectivity index (χ0n) is 27.5. The minimum absolute atomic E-state index is 0. The molecule has 1 heterocycles. The number of carbonyl (C=O) groups is 2.